The smallest absolute Gasteiger partial charge is 0.111 e. The summed E-state index contributed by atoms with van der Waals surface area (Å²) in [6.45, 7) is 7.25. The SMILES string of the molecule is CC(C)(C)NCc1snnc1-c1ccccc1Br. The molecule has 0 amide bonds. The highest BCUT2D eigenvalue weighted by Gasteiger charge is 2.15. The number of nitrogens with zero attached hydrogens (tertiary/aromatic N) is 2. The Balaban J connectivity index is 2.26. The normalized spacial score (nSPS) is 11.8. The van der Waals surface area contributed by atoms with Crippen LogP contribution >= 0.6 is 27.5 Å². The topological polar surface area (TPSA) is 37.8 Å². The van der Waals surface area contributed by atoms with Crippen LogP contribution in [0.25, 0.3) is 11.3 Å². The van der Waals surface area contributed by atoms with Crippen molar-refractivity contribution < 1.29 is 0 Å². The Morgan fingerprint density at radius 3 is 2.67 bits per heavy atom. The van der Waals surface area contributed by atoms with Gasteiger partial charge in [0, 0.05) is 22.1 Å². The van der Waals surface area contributed by atoms with Gasteiger partial charge >= 0.3 is 0 Å². The number of rotatable bonds is 3. The Hall–Kier alpha value is -0.780. The first kappa shape index (κ1) is 13.6. The number of benzene rings is 1. The van der Waals surface area contributed by atoms with Gasteiger partial charge in [0.25, 0.3) is 0 Å². The summed E-state index contributed by atoms with van der Waals surface area (Å²) >= 11 is 5.01. The van der Waals surface area contributed by atoms with Crippen LogP contribution in [0.5, 0.6) is 0 Å². The molecule has 3 nitrogen and oxygen atoms in total. The zero-order chi connectivity index (χ0) is 13.2. The highest BCUT2D eigenvalue weighted by atomic mass is 79.9. The van der Waals surface area contributed by atoms with Gasteiger partial charge in [0.05, 0.1) is 4.88 Å². The zero-order valence-electron chi connectivity index (χ0n) is 10.7. The highest BCUT2D eigenvalue weighted by molar-refractivity contribution is 9.10. The Kier molecular flexibility index (Phi) is 4.14. The lowest BCUT2D eigenvalue weighted by Crippen LogP contribution is -2.34. The van der Waals surface area contributed by atoms with E-state index in [0.717, 1.165) is 27.2 Å². The Morgan fingerprint density at radius 1 is 1.28 bits per heavy atom. The first-order chi connectivity index (χ1) is 8.47. The molecule has 0 spiro atoms. The summed E-state index contributed by atoms with van der Waals surface area (Å²) < 4.78 is 5.12. The second-order valence-electron chi connectivity index (χ2n) is 5.13. The first-order valence-electron chi connectivity index (χ1n) is 5.78. The van der Waals surface area contributed by atoms with Crippen molar-refractivity contribution >= 4 is 27.5 Å². The lowest BCUT2D eigenvalue weighted by molar-refractivity contribution is 0.426. The minimum absolute atomic E-state index is 0.0924. The van der Waals surface area contributed by atoms with Crippen LogP contribution in [-0.2, 0) is 6.54 Å². The number of halogens is 1. The zero-order valence-corrected chi connectivity index (χ0v) is 13.1. The van der Waals surface area contributed by atoms with Crippen molar-refractivity contribution in [3.8, 4) is 11.3 Å². The van der Waals surface area contributed by atoms with Gasteiger partial charge < -0.3 is 5.32 Å². The maximum Gasteiger partial charge on any atom is 0.111 e. The van der Waals surface area contributed by atoms with Gasteiger partial charge in [0.15, 0.2) is 0 Å². The van der Waals surface area contributed by atoms with Gasteiger partial charge in [-0.05, 0) is 38.4 Å². The third-order valence-corrected chi connectivity index (χ3v) is 3.88. The fourth-order valence-electron chi connectivity index (χ4n) is 1.53. The van der Waals surface area contributed by atoms with Gasteiger partial charge in [-0.25, -0.2) is 0 Å². The maximum atomic E-state index is 4.25. The van der Waals surface area contributed by atoms with Gasteiger partial charge in [0.1, 0.15) is 5.69 Å². The van der Waals surface area contributed by atoms with E-state index < -0.39 is 0 Å². The van der Waals surface area contributed by atoms with E-state index >= 15 is 0 Å². The Bertz CT molecular complexity index is 531. The molecular weight excluding hydrogens is 310 g/mol. The van der Waals surface area contributed by atoms with E-state index in [1.165, 1.54) is 11.5 Å². The molecular formula is C13H16BrN3S. The van der Waals surface area contributed by atoms with Crippen LogP contribution in [0.3, 0.4) is 0 Å². The molecule has 2 aromatic rings. The average Bonchev–Trinajstić information content (AvgIpc) is 2.74. The van der Waals surface area contributed by atoms with Crippen LogP contribution in [0.1, 0.15) is 25.6 Å². The van der Waals surface area contributed by atoms with Gasteiger partial charge in [-0.2, -0.15) is 0 Å². The van der Waals surface area contributed by atoms with Crippen LogP contribution in [-0.4, -0.2) is 15.1 Å². The van der Waals surface area contributed by atoms with Crippen molar-refractivity contribution in [3.05, 3.63) is 33.6 Å². The number of aromatic nitrogens is 2. The molecule has 1 aromatic heterocycles. The predicted octanol–water partition coefficient (Wildman–Crippen LogP) is 3.86. The van der Waals surface area contributed by atoms with Gasteiger partial charge in [0.2, 0.25) is 0 Å². The number of hydrogen-bond donors (Lipinski definition) is 1. The molecule has 0 aliphatic carbocycles. The van der Waals surface area contributed by atoms with E-state index in [-0.39, 0.29) is 5.54 Å². The summed E-state index contributed by atoms with van der Waals surface area (Å²) in [4.78, 5) is 1.16. The monoisotopic (exact) mass is 325 g/mol. The fourth-order valence-corrected chi connectivity index (χ4v) is 2.60. The minimum atomic E-state index is 0.0924. The molecule has 2 rings (SSSR count). The summed E-state index contributed by atoms with van der Waals surface area (Å²) in [6, 6.07) is 8.10. The molecule has 0 aliphatic heterocycles. The molecule has 0 saturated carbocycles. The molecule has 0 fully saturated rings. The molecule has 0 saturated heterocycles. The standard InChI is InChI=1S/C13H16BrN3S/c1-13(2,3)15-8-11-12(16-17-18-11)9-6-4-5-7-10(9)14/h4-7,15H,8H2,1-3H3. The average molecular weight is 326 g/mol. The quantitative estimate of drug-likeness (QED) is 0.931. The van der Waals surface area contributed by atoms with Crippen molar-refractivity contribution in [2.75, 3.05) is 0 Å². The van der Waals surface area contributed by atoms with Crippen molar-refractivity contribution in [1.82, 2.24) is 14.9 Å². The molecule has 5 heteroatoms. The molecule has 0 atom stereocenters. The van der Waals surface area contributed by atoms with Crippen molar-refractivity contribution in [2.24, 2.45) is 0 Å². The van der Waals surface area contributed by atoms with Crippen molar-refractivity contribution in [1.29, 1.82) is 0 Å². The largest absolute Gasteiger partial charge is 0.307 e. The third-order valence-electron chi connectivity index (χ3n) is 2.46. The van der Waals surface area contributed by atoms with E-state index in [4.69, 9.17) is 0 Å². The molecule has 1 aromatic carbocycles. The number of nitrogens with one attached hydrogen (secondary N) is 1. The van der Waals surface area contributed by atoms with Crippen molar-refractivity contribution in [2.45, 2.75) is 32.9 Å². The summed E-state index contributed by atoms with van der Waals surface area (Å²) in [5, 5.41) is 7.72. The van der Waals surface area contributed by atoms with Crippen LogP contribution in [0.2, 0.25) is 0 Å². The summed E-state index contributed by atoms with van der Waals surface area (Å²) in [6.07, 6.45) is 0. The molecule has 0 aliphatic rings. The van der Waals surface area contributed by atoms with Crippen LogP contribution in [0, 0.1) is 0 Å². The fraction of sp³-hybridized carbons (Fsp3) is 0.385. The van der Waals surface area contributed by atoms with Gasteiger partial charge in [-0.1, -0.05) is 38.6 Å². The number of hydrogen-bond acceptors (Lipinski definition) is 4. The van der Waals surface area contributed by atoms with Crippen LogP contribution < -0.4 is 5.32 Å². The summed E-state index contributed by atoms with van der Waals surface area (Å²) in [7, 11) is 0. The lowest BCUT2D eigenvalue weighted by atomic mass is 10.1. The molecule has 0 bridgehead atoms. The minimum Gasteiger partial charge on any atom is -0.307 e. The van der Waals surface area contributed by atoms with E-state index in [1.54, 1.807) is 0 Å². The molecule has 96 valence electrons. The second kappa shape index (κ2) is 5.47. The molecule has 1 heterocycles. The van der Waals surface area contributed by atoms with Gasteiger partial charge in [-0.3, -0.25) is 0 Å². The van der Waals surface area contributed by atoms with E-state index in [1.807, 2.05) is 18.2 Å². The van der Waals surface area contributed by atoms with Crippen molar-refractivity contribution in [3.63, 3.8) is 0 Å². The van der Waals surface area contributed by atoms with E-state index in [0.29, 0.717) is 0 Å². The molecule has 18 heavy (non-hydrogen) atoms. The summed E-state index contributed by atoms with van der Waals surface area (Å²) in [5.41, 5.74) is 2.15. The molecule has 1 N–H and O–H groups in total. The van der Waals surface area contributed by atoms with Crippen LogP contribution in [0.4, 0.5) is 0 Å². The maximum absolute atomic E-state index is 4.25. The van der Waals surface area contributed by atoms with E-state index in [9.17, 15) is 0 Å². The summed E-state index contributed by atoms with van der Waals surface area (Å²) in [5.74, 6) is 0. The van der Waals surface area contributed by atoms with Crippen LogP contribution in [0.15, 0.2) is 28.7 Å². The Morgan fingerprint density at radius 2 is 2.00 bits per heavy atom. The first-order valence-corrected chi connectivity index (χ1v) is 7.35. The Labute approximate surface area is 120 Å². The second-order valence-corrected chi connectivity index (χ2v) is 6.82. The predicted molar refractivity (Wildman–Crippen MR) is 79.6 cm³/mol. The lowest BCUT2D eigenvalue weighted by Gasteiger charge is -2.20. The third kappa shape index (κ3) is 3.37. The highest BCUT2D eigenvalue weighted by Crippen LogP contribution is 2.30. The molecule has 0 radical (unpaired) electrons. The van der Waals surface area contributed by atoms with E-state index in [2.05, 4.69) is 57.7 Å². The van der Waals surface area contributed by atoms with Gasteiger partial charge in [-0.15, -0.1) is 5.10 Å². The molecule has 0 unspecified atom stereocenters.